The van der Waals surface area contributed by atoms with Crippen LogP contribution in [0.3, 0.4) is 0 Å². The molecule has 6 nitrogen and oxygen atoms in total. The number of aromatic nitrogens is 2. The van der Waals surface area contributed by atoms with Crippen LogP contribution >= 0.6 is 0 Å². The summed E-state index contributed by atoms with van der Waals surface area (Å²) in [5.74, 6) is -0.232. The molecule has 18 heavy (non-hydrogen) atoms. The minimum absolute atomic E-state index is 0.0494. The van der Waals surface area contributed by atoms with Gasteiger partial charge in [-0.05, 0) is 18.9 Å². The van der Waals surface area contributed by atoms with E-state index in [1.807, 2.05) is 0 Å². The number of esters is 1. The number of methoxy groups -OCH3 is 1. The largest absolute Gasteiger partial charge is 0.469 e. The fraction of sp³-hybridized carbons (Fsp3) is 0.583. The van der Waals surface area contributed by atoms with Crippen molar-refractivity contribution in [1.29, 1.82) is 0 Å². The van der Waals surface area contributed by atoms with Crippen LogP contribution in [0, 0.1) is 0 Å². The molecule has 0 fully saturated rings. The number of hydrogen-bond acceptors (Lipinski definition) is 4. The number of hydrogen-bond donors (Lipinski definition) is 1. The van der Waals surface area contributed by atoms with Gasteiger partial charge in [0.15, 0.2) is 0 Å². The van der Waals surface area contributed by atoms with E-state index in [9.17, 15) is 9.59 Å². The highest BCUT2D eigenvalue weighted by Crippen LogP contribution is 2.00. The van der Waals surface area contributed by atoms with Gasteiger partial charge in [0.25, 0.3) is 0 Å². The van der Waals surface area contributed by atoms with Crippen molar-refractivity contribution in [1.82, 2.24) is 15.1 Å². The molecule has 0 radical (unpaired) electrons. The molecule has 0 aliphatic carbocycles. The molecular weight excluding hydrogens is 234 g/mol. The summed E-state index contributed by atoms with van der Waals surface area (Å²) in [5.41, 5.74) is 0. The van der Waals surface area contributed by atoms with Gasteiger partial charge in [-0.3, -0.25) is 14.3 Å². The zero-order valence-electron chi connectivity index (χ0n) is 10.6. The van der Waals surface area contributed by atoms with Gasteiger partial charge < -0.3 is 10.1 Å². The van der Waals surface area contributed by atoms with Crippen molar-refractivity contribution in [2.75, 3.05) is 13.7 Å². The van der Waals surface area contributed by atoms with Crippen LogP contribution in [0.1, 0.15) is 25.7 Å². The highest BCUT2D eigenvalue weighted by Gasteiger charge is 2.02. The lowest BCUT2D eigenvalue weighted by Gasteiger charge is -2.05. The van der Waals surface area contributed by atoms with Gasteiger partial charge in [-0.1, -0.05) is 6.42 Å². The standard InChI is InChI=1S/C12H19N3O3/c1-18-12(17)6-3-2-4-7-13-11(16)10-15-9-5-8-14-15/h5,8-9H,2-4,6-7,10H2,1H3,(H,13,16). The van der Waals surface area contributed by atoms with E-state index in [4.69, 9.17) is 0 Å². The molecular formula is C12H19N3O3. The molecule has 0 saturated heterocycles. The van der Waals surface area contributed by atoms with Crippen molar-refractivity contribution in [2.24, 2.45) is 0 Å². The predicted molar refractivity (Wildman–Crippen MR) is 65.7 cm³/mol. The molecule has 6 heteroatoms. The summed E-state index contributed by atoms with van der Waals surface area (Å²) in [6.07, 6.45) is 6.38. The third-order valence-electron chi connectivity index (χ3n) is 2.47. The topological polar surface area (TPSA) is 73.2 Å². The summed E-state index contributed by atoms with van der Waals surface area (Å²) in [4.78, 5) is 22.3. The number of nitrogens with zero attached hydrogens (tertiary/aromatic N) is 2. The van der Waals surface area contributed by atoms with Gasteiger partial charge in [0.05, 0.1) is 7.11 Å². The number of nitrogens with one attached hydrogen (secondary N) is 1. The van der Waals surface area contributed by atoms with E-state index in [0.717, 1.165) is 19.3 Å². The lowest BCUT2D eigenvalue weighted by Crippen LogP contribution is -2.28. The van der Waals surface area contributed by atoms with E-state index in [0.29, 0.717) is 13.0 Å². The van der Waals surface area contributed by atoms with Gasteiger partial charge in [0, 0.05) is 25.4 Å². The highest BCUT2D eigenvalue weighted by molar-refractivity contribution is 5.75. The molecule has 1 heterocycles. The van der Waals surface area contributed by atoms with Gasteiger partial charge in [0.1, 0.15) is 6.54 Å². The van der Waals surface area contributed by atoms with E-state index in [1.165, 1.54) is 7.11 Å². The van der Waals surface area contributed by atoms with Gasteiger partial charge in [-0.15, -0.1) is 0 Å². The fourth-order valence-electron chi connectivity index (χ4n) is 1.50. The molecule has 1 amide bonds. The average Bonchev–Trinajstić information content (AvgIpc) is 2.85. The van der Waals surface area contributed by atoms with Crippen LogP contribution in [-0.2, 0) is 20.9 Å². The van der Waals surface area contributed by atoms with Crippen molar-refractivity contribution >= 4 is 11.9 Å². The van der Waals surface area contributed by atoms with Gasteiger partial charge in [-0.2, -0.15) is 5.10 Å². The summed E-state index contributed by atoms with van der Waals surface area (Å²) < 4.78 is 6.11. The minimum atomic E-state index is -0.183. The third-order valence-corrected chi connectivity index (χ3v) is 2.47. The summed E-state index contributed by atoms with van der Waals surface area (Å²) in [6.45, 7) is 0.871. The Morgan fingerprint density at radius 2 is 2.17 bits per heavy atom. The van der Waals surface area contributed by atoms with Crippen LogP contribution in [0.25, 0.3) is 0 Å². The van der Waals surface area contributed by atoms with Crippen LogP contribution in [0.4, 0.5) is 0 Å². The zero-order valence-corrected chi connectivity index (χ0v) is 10.6. The van der Waals surface area contributed by atoms with E-state index in [1.54, 1.807) is 23.1 Å². The molecule has 0 bridgehead atoms. The van der Waals surface area contributed by atoms with Gasteiger partial charge >= 0.3 is 5.97 Å². The van der Waals surface area contributed by atoms with Crippen LogP contribution in [0.15, 0.2) is 18.5 Å². The number of unbranched alkanes of at least 4 members (excludes halogenated alkanes) is 2. The van der Waals surface area contributed by atoms with Gasteiger partial charge in [-0.25, -0.2) is 0 Å². The molecule has 0 aliphatic heterocycles. The Morgan fingerprint density at radius 1 is 1.33 bits per heavy atom. The minimum Gasteiger partial charge on any atom is -0.469 e. The van der Waals surface area contributed by atoms with Crippen molar-refractivity contribution in [3.63, 3.8) is 0 Å². The Labute approximate surface area is 106 Å². The first kappa shape index (κ1) is 14.2. The highest BCUT2D eigenvalue weighted by atomic mass is 16.5. The molecule has 1 aromatic heterocycles. The van der Waals surface area contributed by atoms with E-state index >= 15 is 0 Å². The first-order valence-corrected chi connectivity index (χ1v) is 6.03. The van der Waals surface area contributed by atoms with E-state index in [-0.39, 0.29) is 18.4 Å². The Hall–Kier alpha value is -1.85. The molecule has 0 spiro atoms. The number of carbonyl (C=O) groups is 2. The molecule has 1 rings (SSSR count). The monoisotopic (exact) mass is 253 g/mol. The molecule has 100 valence electrons. The van der Waals surface area contributed by atoms with E-state index in [2.05, 4.69) is 15.2 Å². The van der Waals surface area contributed by atoms with Crippen LogP contribution < -0.4 is 5.32 Å². The summed E-state index contributed by atoms with van der Waals surface area (Å²) >= 11 is 0. The Morgan fingerprint density at radius 3 is 2.83 bits per heavy atom. The van der Waals surface area contributed by atoms with Gasteiger partial charge in [0.2, 0.25) is 5.91 Å². The zero-order chi connectivity index (χ0) is 13.2. The maximum absolute atomic E-state index is 11.5. The lowest BCUT2D eigenvalue weighted by molar-refractivity contribution is -0.140. The van der Waals surface area contributed by atoms with Crippen molar-refractivity contribution in [2.45, 2.75) is 32.2 Å². The Kier molecular flexibility index (Phi) is 6.53. The second-order valence-corrected chi connectivity index (χ2v) is 3.94. The summed E-state index contributed by atoms with van der Waals surface area (Å²) in [5, 5.41) is 6.75. The van der Waals surface area contributed by atoms with E-state index < -0.39 is 0 Å². The molecule has 0 atom stereocenters. The average molecular weight is 253 g/mol. The van der Waals surface area contributed by atoms with Crippen molar-refractivity contribution < 1.29 is 14.3 Å². The van der Waals surface area contributed by atoms with Crippen LogP contribution in [-0.4, -0.2) is 35.3 Å². The number of rotatable bonds is 8. The van der Waals surface area contributed by atoms with Crippen LogP contribution in [0.2, 0.25) is 0 Å². The van der Waals surface area contributed by atoms with Crippen molar-refractivity contribution in [3.05, 3.63) is 18.5 Å². The van der Waals surface area contributed by atoms with Crippen molar-refractivity contribution in [3.8, 4) is 0 Å². The number of amides is 1. The maximum atomic E-state index is 11.5. The Balaban J connectivity index is 1.97. The number of carbonyl (C=O) groups excluding carboxylic acids is 2. The molecule has 0 saturated carbocycles. The Bertz CT molecular complexity index is 363. The third kappa shape index (κ3) is 6.03. The molecule has 0 unspecified atom stereocenters. The summed E-state index contributed by atoms with van der Waals surface area (Å²) in [6, 6.07) is 1.78. The van der Waals surface area contributed by atoms with Crippen LogP contribution in [0.5, 0.6) is 0 Å². The predicted octanol–water partition coefficient (Wildman–Crippen LogP) is 0.733. The number of ether oxygens (including phenoxy) is 1. The normalized spacial score (nSPS) is 10.1. The molecule has 0 aliphatic rings. The second-order valence-electron chi connectivity index (χ2n) is 3.94. The summed E-state index contributed by atoms with van der Waals surface area (Å²) in [7, 11) is 1.39. The molecule has 0 aromatic carbocycles. The molecule has 1 N–H and O–H groups in total. The smallest absolute Gasteiger partial charge is 0.305 e. The fourth-order valence-corrected chi connectivity index (χ4v) is 1.50. The second kappa shape index (κ2) is 8.27. The quantitative estimate of drug-likeness (QED) is 0.547. The first-order valence-electron chi connectivity index (χ1n) is 6.03. The molecule has 1 aromatic rings. The maximum Gasteiger partial charge on any atom is 0.305 e. The SMILES string of the molecule is COC(=O)CCCCCNC(=O)Cn1cccn1. The lowest BCUT2D eigenvalue weighted by atomic mass is 10.2. The first-order chi connectivity index (χ1) is 8.72.